The Morgan fingerprint density at radius 2 is 2.22 bits per heavy atom. The zero-order chi connectivity index (χ0) is 13.5. The van der Waals surface area contributed by atoms with Gasteiger partial charge in [-0.25, -0.2) is 8.42 Å². The molecule has 0 saturated carbocycles. The third kappa shape index (κ3) is 2.27. The van der Waals surface area contributed by atoms with E-state index in [-0.39, 0.29) is 22.0 Å². The van der Waals surface area contributed by atoms with Gasteiger partial charge in [-0.1, -0.05) is 18.5 Å². The van der Waals surface area contributed by atoms with Crippen LogP contribution in [0.3, 0.4) is 0 Å². The summed E-state index contributed by atoms with van der Waals surface area (Å²) < 4.78 is 27.7. The number of sulfonamides is 1. The zero-order valence-electron chi connectivity index (χ0n) is 10.4. The maximum Gasteiger partial charge on any atom is 0.261 e. The molecule has 0 aromatic carbocycles. The van der Waals surface area contributed by atoms with Crippen LogP contribution in [-0.2, 0) is 17.1 Å². The lowest BCUT2D eigenvalue weighted by molar-refractivity contribution is 0.249. The van der Waals surface area contributed by atoms with E-state index < -0.39 is 10.0 Å². The van der Waals surface area contributed by atoms with Crippen LogP contribution in [0.15, 0.2) is 11.2 Å². The van der Waals surface area contributed by atoms with E-state index in [4.69, 9.17) is 17.3 Å². The van der Waals surface area contributed by atoms with Gasteiger partial charge in [-0.3, -0.25) is 4.68 Å². The van der Waals surface area contributed by atoms with E-state index in [1.54, 1.807) is 7.05 Å². The van der Waals surface area contributed by atoms with E-state index in [1.165, 1.54) is 15.2 Å². The normalized spacial score (nSPS) is 26.4. The van der Waals surface area contributed by atoms with Crippen LogP contribution >= 0.6 is 11.6 Å². The van der Waals surface area contributed by atoms with Gasteiger partial charge in [-0.15, -0.1) is 0 Å². The summed E-state index contributed by atoms with van der Waals surface area (Å²) in [5, 5.41) is 4.07. The number of piperidine rings is 1. The van der Waals surface area contributed by atoms with E-state index in [9.17, 15) is 8.42 Å². The first-order chi connectivity index (χ1) is 8.34. The van der Waals surface area contributed by atoms with Crippen molar-refractivity contribution >= 4 is 21.6 Å². The molecule has 8 heteroatoms. The van der Waals surface area contributed by atoms with E-state index in [2.05, 4.69) is 5.10 Å². The second kappa shape index (κ2) is 4.80. The molecule has 1 aliphatic rings. The Kier molecular flexibility index (Phi) is 3.68. The minimum Gasteiger partial charge on any atom is -0.327 e. The third-order valence-electron chi connectivity index (χ3n) is 3.36. The lowest BCUT2D eigenvalue weighted by atomic mass is 9.96. The molecule has 1 saturated heterocycles. The van der Waals surface area contributed by atoms with Crippen molar-refractivity contribution in [1.82, 2.24) is 14.1 Å². The second-order valence-electron chi connectivity index (χ2n) is 4.71. The Balaban J connectivity index is 2.33. The van der Waals surface area contributed by atoms with Crippen LogP contribution in [0.5, 0.6) is 0 Å². The summed E-state index contributed by atoms with van der Waals surface area (Å²) >= 11 is 5.90. The number of rotatable bonds is 2. The molecule has 0 aliphatic carbocycles. The number of aromatic nitrogens is 2. The van der Waals surface area contributed by atoms with Crippen molar-refractivity contribution in [2.45, 2.75) is 24.4 Å². The first-order valence-electron chi connectivity index (χ1n) is 5.77. The number of hydrogen-bond donors (Lipinski definition) is 1. The average Bonchev–Trinajstić information content (AvgIpc) is 2.62. The number of aryl methyl sites for hydroxylation is 1. The fraction of sp³-hybridized carbons (Fsp3) is 0.700. The summed E-state index contributed by atoms with van der Waals surface area (Å²) in [4.78, 5) is 0. The molecule has 102 valence electrons. The van der Waals surface area contributed by atoms with Crippen LogP contribution in [0.1, 0.15) is 13.3 Å². The Hall–Kier alpha value is -0.630. The standard InChI is InChI=1S/C10H17ClN4O2S/c1-7-6-15(4-3-9(7)12)18(16,17)10-8(11)5-13-14(10)2/h5,7,9H,3-4,6,12H2,1-2H3. The maximum absolute atomic E-state index is 12.5. The minimum absolute atomic E-state index is 0.0480. The summed E-state index contributed by atoms with van der Waals surface area (Å²) in [5.41, 5.74) is 5.90. The van der Waals surface area contributed by atoms with Crippen LogP contribution in [0.25, 0.3) is 0 Å². The van der Waals surface area contributed by atoms with Crippen molar-refractivity contribution in [1.29, 1.82) is 0 Å². The molecule has 1 aromatic rings. The van der Waals surface area contributed by atoms with Crippen molar-refractivity contribution in [2.75, 3.05) is 13.1 Å². The van der Waals surface area contributed by atoms with E-state index in [0.29, 0.717) is 19.5 Å². The van der Waals surface area contributed by atoms with Gasteiger partial charge in [0, 0.05) is 26.2 Å². The van der Waals surface area contributed by atoms with Crippen LogP contribution in [0.2, 0.25) is 5.02 Å². The summed E-state index contributed by atoms with van der Waals surface area (Å²) in [6.45, 7) is 2.80. The predicted octanol–water partition coefficient (Wildman–Crippen LogP) is 0.431. The smallest absolute Gasteiger partial charge is 0.261 e. The fourth-order valence-corrected chi connectivity index (χ4v) is 4.32. The highest BCUT2D eigenvalue weighted by Gasteiger charge is 2.35. The number of hydrogen-bond acceptors (Lipinski definition) is 4. The first-order valence-corrected chi connectivity index (χ1v) is 7.59. The largest absolute Gasteiger partial charge is 0.327 e. The van der Waals surface area contributed by atoms with Crippen molar-refractivity contribution in [2.24, 2.45) is 18.7 Å². The van der Waals surface area contributed by atoms with Gasteiger partial charge >= 0.3 is 0 Å². The summed E-state index contributed by atoms with van der Waals surface area (Å²) in [5.74, 6) is 0.139. The van der Waals surface area contributed by atoms with Crippen molar-refractivity contribution in [3.63, 3.8) is 0 Å². The van der Waals surface area contributed by atoms with Gasteiger partial charge in [0.25, 0.3) is 10.0 Å². The summed E-state index contributed by atoms with van der Waals surface area (Å²) in [6.07, 6.45) is 2.00. The molecule has 2 atom stereocenters. The van der Waals surface area contributed by atoms with E-state index in [1.807, 2.05) is 6.92 Å². The molecule has 1 aliphatic heterocycles. The Morgan fingerprint density at radius 1 is 1.56 bits per heavy atom. The molecule has 2 unspecified atom stereocenters. The molecule has 18 heavy (non-hydrogen) atoms. The highest BCUT2D eigenvalue weighted by atomic mass is 35.5. The maximum atomic E-state index is 12.5. The van der Waals surface area contributed by atoms with Crippen LogP contribution in [0, 0.1) is 5.92 Å². The molecule has 6 nitrogen and oxygen atoms in total. The minimum atomic E-state index is -3.59. The van der Waals surface area contributed by atoms with Crippen LogP contribution < -0.4 is 5.73 Å². The predicted molar refractivity (Wildman–Crippen MR) is 68.7 cm³/mol. The van der Waals surface area contributed by atoms with E-state index in [0.717, 1.165) is 0 Å². The summed E-state index contributed by atoms with van der Waals surface area (Å²) in [7, 11) is -2.02. The molecule has 1 aromatic heterocycles. The number of nitrogens with zero attached hydrogens (tertiary/aromatic N) is 3. The Morgan fingerprint density at radius 3 is 2.72 bits per heavy atom. The lowest BCUT2D eigenvalue weighted by Crippen LogP contribution is -2.48. The molecule has 0 bridgehead atoms. The second-order valence-corrected chi connectivity index (χ2v) is 6.97. The van der Waals surface area contributed by atoms with Gasteiger partial charge in [0.15, 0.2) is 5.03 Å². The van der Waals surface area contributed by atoms with Crippen molar-refractivity contribution in [3.05, 3.63) is 11.2 Å². The highest BCUT2D eigenvalue weighted by Crippen LogP contribution is 2.27. The third-order valence-corrected chi connectivity index (χ3v) is 5.73. The topological polar surface area (TPSA) is 81.2 Å². The fourth-order valence-electron chi connectivity index (χ4n) is 2.16. The molecule has 2 heterocycles. The quantitative estimate of drug-likeness (QED) is 0.857. The van der Waals surface area contributed by atoms with E-state index >= 15 is 0 Å². The Bertz CT molecular complexity index is 523. The molecule has 2 N–H and O–H groups in total. The van der Waals surface area contributed by atoms with Crippen LogP contribution in [0.4, 0.5) is 0 Å². The van der Waals surface area contributed by atoms with Gasteiger partial charge < -0.3 is 5.73 Å². The first kappa shape index (κ1) is 13.8. The highest BCUT2D eigenvalue weighted by molar-refractivity contribution is 7.89. The van der Waals surface area contributed by atoms with Gasteiger partial charge in [-0.05, 0) is 12.3 Å². The molecule has 0 spiro atoms. The zero-order valence-corrected chi connectivity index (χ0v) is 11.9. The molecule has 0 radical (unpaired) electrons. The monoisotopic (exact) mass is 292 g/mol. The van der Waals surface area contributed by atoms with Crippen molar-refractivity contribution in [3.8, 4) is 0 Å². The van der Waals surface area contributed by atoms with Gasteiger partial charge in [0.2, 0.25) is 0 Å². The summed E-state index contributed by atoms with van der Waals surface area (Å²) in [6, 6.07) is 0.0541. The number of halogens is 1. The molecular weight excluding hydrogens is 276 g/mol. The molecule has 0 amide bonds. The SMILES string of the molecule is CC1CN(S(=O)(=O)c2c(Cl)cnn2C)CCC1N. The van der Waals surface area contributed by atoms with Crippen molar-refractivity contribution < 1.29 is 8.42 Å². The molecule has 2 rings (SSSR count). The van der Waals surface area contributed by atoms with Gasteiger partial charge in [0.05, 0.1) is 11.2 Å². The van der Waals surface area contributed by atoms with Gasteiger partial charge in [-0.2, -0.15) is 9.40 Å². The molecule has 1 fully saturated rings. The number of nitrogens with two attached hydrogens (primary N) is 1. The van der Waals surface area contributed by atoms with Gasteiger partial charge in [0.1, 0.15) is 0 Å². The average molecular weight is 293 g/mol. The molecular formula is C10H17ClN4O2S. The lowest BCUT2D eigenvalue weighted by Gasteiger charge is -2.34. The Labute approximate surface area is 112 Å². The van der Waals surface area contributed by atoms with Crippen LogP contribution in [-0.4, -0.2) is 41.6 Å².